The van der Waals surface area contributed by atoms with Gasteiger partial charge in [-0.2, -0.15) is 0 Å². The highest BCUT2D eigenvalue weighted by molar-refractivity contribution is 5.96. The molecule has 0 spiro atoms. The van der Waals surface area contributed by atoms with Gasteiger partial charge in [0.25, 0.3) is 0 Å². The highest BCUT2D eigenvalue weighted by Crippen LogP contribution is 2.22. The molecule has 0 atom stereocenters. The summed E-state index contributed by atoms with van der Waals surface area (Å²) in [5.74, 6) is -0.00457. The van der Waals surface area contributed by atoms with E-state index >= 15 is 0 Å². The lowest BCUT2D eigenvalue weighted by atomic mass is 9.95. The van der Waals surface area contributed by atoms with Gasteiger partial charge < -0.3 is 9.88 Å². The van der Waals surface area contributed by atoms with Crippen molar-refractivity contribution in [2.45, 2.75) is 20.8 Å². The third-order valence-electron chi connectivity index (χ3n) is 2.62. The molecule has 0 aliphatic carbocycles. The molecule has 4 nitrogen and oxygen atoms in total. The maximum atomic E-state index is 12.0. The predicted molar refractivity (Wildman–Crippen MR) is 71.6 cm³/mol. The van der Waals surface area contributed by atoms with E-state index in [0.29, 0.717) is 0 Å². The van der Waals surface area contributed by atoms with Gasteiger partial charge in [-0.3, -0.25) is 4.79 Å². The lowest BCUT2D eigenvalue weighted by Crippen LogP contribution is -2.28. The van der Waals surface area contributed by atoms with Crippen LogP contribution in [0.5, 0.6) is 0 Å². The van der Waals surface area contributed by atoms with Crippen molar-refractivity contribution in [3.05, 3.63) is 43.0 Å². The Morgan fingerprint density at radius 1 is 1.28 bits per heavy atom. The molecule has 0 unspecified atom stereocenters. The van der Waals surface area contributed by atoms with Crippen LogP contribution in [0.2, 0.25) is 0 Å². The van der Waals surface area contributed by atoms with Gasteiger partial charge in [-0.05, 0) is 12.1 Å². The summed E-state index contributed by atoms with van der Waals surface area (Å²) in [4.78, 5) is 16.0. The summed E-state index contributed by atoms with van der Waals surface area (Å²) in [5, 5.41) is 2.95. The molecule has 1 aromatic heterocycles. The first-order valence-corrected chi connectivity index (χ1v) is 5.87. The zero-order valence-electron chi connectivity index (χ0n) is 10.8. The first-order valence-electron chi connectivity index (χ1n) is 5.87. The van der Waals surface area contributed by atoms with Gasteiger partial charge >= 0.3 is 0 Å². The molecule has 0 saturated heterocycles. The molecule has 2 aromatic rings. The summed E-state index contributed by atoms with van der Waals surface area (Å²) in [7, 11) is 0. The fourth-order valence-electron chi connectivity index (χ4n) is 1.52. The van der Waals surface area contributed by atoms with Crippen LogP contribution in [0.4, 0.5) is 5.69 Å². The SMILES string of the molecule is CC(C)(C)C(=O)Nc1ccccc1-n1ccnc1. The molecule has 0 aliphatic rings. The van der Waals surface area contributed by atoms with Crippen LogP contribution in [0.15, 0.2) is 43.0 Å². The minimum absolute atomic E-state index is 0.00457. The number of rotatable bonds is 2. The quantitative estimate of drug-likeness (QED) is 0.881. The van der Waals surface area contributed by atoms with E-state index in [1.54, 1.807) is 12.5 Å². The van der Waals surface area contributed by atoms with E-state index in [-0.39, 0.29) is 5.91 Å². The standard InChI is InChI=1S/C14H17N3O/c1-14(2,3)13(18)16-11-6-4-5-7-12(11)17-9-8-15-10-17/h4-10H,1-3H3,(H,16,18). The van der Waals surface area contributed by atoms with Crippen LogP contribution in [0.1, 0.15) is 20.8 Å². The summed E-state index contributed by atoms with van der Waals surface area (Å²) in [6, 6.07) is 7.67. The Kier molecular flexibility index (Phi) is 3.19. The predicted octanol–water partition coefficient (Wildman–Crippen LogP) is 2.86. The van der Waals surface area contributed by atoms with E-state index in [4.69, 9.17) is 0 Å². The Bertz CT molecular complexity index is 538. The average molecular weight is 243 g/mol. The Labute approximate surface area is 107 Å². The number of para-hydroxylation sites is 2. The van der Waals surface area contributed by atoms with Crippen molar-refractivity contribution in [2.75, 3.05) is 5.32 Å². The zero-order valence-corrected chi connectivity index (χ0v) is 10.8. The first-order chi connectivity index (χ1) is 8.48. The van der Waals surface area contributed by atoms with Crippen molar-refractivity contribution in [3.63, 3.8) is 0 Å². The highest BCUT2D eigenvalue weighted by atomic mass is 16.2. The lowest BCUT2D eigenvalue weighted by Gasteiger charge is -2.19. The fourth-order valence-corrected chi connectivity index (χ4v) is 1.52. The van der Waals surface area contributed by atoms with Crippen molar-refractivity contribution < 1.29 is 4.79 Å². The van der Waals surface area contributed by atoms with Crippen LogP contribution in [0.25, 0.3) is 5.69 Å². The van der Waals surface area contributed by atoms with Gasteiger partial charge in [0.2, 0.25) is 5.91 Å². The van der Waals surface area contributed by atoms with Gasteiger partial charge in [-0.1, -0.05) is 32.9 Å². The Morgan fingerprint density at radius 2 is 2.00 bits per heavy atom. The van der Waals surface area contributed by atoms with E-state index in [0.717, 1.165) is 11.4 Å². The maximum Gasteiger partial charge on any atom is 0.229 e. The number of anilines is 1. The normalized spacial score (nSPS) is 11.3. The van der Waals surface area contributed by atoms with Crippen LogP contribution in [0, 0.1) is 5.41 Å². The minimum Gasteiger partial charge on any atom is -0.324 e. The van der Waals surface area contributed by atoms with Gasteiger partial charge in [-0.25, -0.2) is 4.98 Å². The molecule has 18 heavy (non-hydrogen) atoms. The molecular formula is C14H17N3O. The fraction of sp³-hybridized carbons (Fsp3) is 0.286. The number of carbonyl (C=O) groups is 1. The molecule has 1 N–H and O–H groups in total. The van der Waals surface area contributed by atoms with Crippen LogP contribution in [0.3, 0.4) is 0 Å². The smallest absolute Gasteiger partial charge is 0.229 e. The van der Waals surface area contributed by atoms with E-state index in [1.165, 1.54) is 0 Å². The van der Waals surface area contributed by atoms with E-state index in [9.17, 15) is 4.79 Å². The third-order valence-corrected chi connectivity index (χ3v) is 2.62. The number of hydrogen-bond donors (Lipinski definition) is 1. The molecule has 4 heteroatoms. The number of amides is 1. The van der Waals surface area contributed by atoms with Gasteiger partial charge in [-0.15, -0.1) is 0 Å². The summed E-state index contributed by atoms with van der Waals surface area (Å²) in [6.07, 6.45) is 5.27. The Balaban J connectivity index is 2.32. The maximum absolute atomic E-state index is 12.0. The van der Waals surface area contributed by atoms with Crippen molar-refractivity contribution in [3.8, 4) is 5.69 Å². The molecular weight excluding hydrogens is 226 g/mol. The summed E-state index contributed by atoms with van der Waals surface area (Å²) < 4.78 is 1.87. The van der Waals surface area contributed by atoms with Crippen LogP contribution in [-0.2, 0) is 4.79 Å². The average Bonchev–Trinajstić information content (AvgIpc) is 2.82. The van der Waals surface area contributed by atoms with Crippen molar-refractivity contribution in [2.24, 2.45) is 5.41 Å². The van der Waals surface area contributed by atoms with Gasteiger partial charge in [0.05, 0.1) is 17.7 Å². The lowest BCUT2D eigenvalue weighted by molar-refractivity contribution is -0.123. The number of hydrogen-bond acceptors (Lipinski definition) is 2. The third kappa shape index (κ3) is 2.59. The van der Waals surface area contributed by atoms with Crippen LogP contribution >= 0.6 is 0 Å². The Hall–Kier alpha value is -2.10. The molecule has 0 aliphatic heterocycles. The molecule has 0 saturated carbocycles. The van der Waals surface area contributed by atoms with Gasteiger partial charge in [0.1, 0.15) is 0 Å². The van der Waals surface area contributed by atoms with E-state index < -0.39 is 5.41 Å². The van der Waals surface area contributed by atoms with Crippen LogP contribution < -0.4 is 5.32 Å². The second-order valence-corrected chi connectivity index (χ2v) is 5.19. The molecule has 0 fully saturated rings. The zero-order chi connectivity index (χ0) is 13.2. The van der Waals surface area contributed by atoms with Gasteiger partial charge in [0.15, 0.2) is 0 Å². The van der Waals surface area contributed by atoms with E-state index in [1.807, 2.05) is 55.8 Å². The monoisotopic (exact) mass is 243 g/mol. The Morgan fingerprint density at radius 3 is 2.61 bits per heavy atom. The summed E-state index contributed by atoms with van der Waals surface area (Å²) >= 11 is 0. The molecule has 0 radical (unpaired) electrons. The van der Waals surface area contributed by atoms with Crippen molar-refractivity contribution in [1.82, 2.24) is 9.55 Å². The van der Waals surface area contributed by atoms with Gasteiger partial charge in [0, 0.05) is 17.8 Å². The molecule has 1 amide bonds. The minimum atomic E-state index is -0.415. The molecule has 1 aromatic carbocycles. The number of imidazole rings is 1. The van der Waals surface area contributed by atoms with Crippen molar-refractivity contribution in [1.29, 1.82) is 0 Å². The first kappa shape index (κ1) is 12.4. The highest BCUT2D eigenvalue weighted by Gasteiger charge is 2.22. The second kappa shape index (κ2) is 4.64. The topological polar surface area (TPSA) is 46.9 Å². The number of benzene rings is 1. The number of nitrogens with one attached hydrogen (secondary N) is 1. The number of aromatic nitrogens is 2. The summed E-state index contributed by atoms with van der Waals surface area (Å²) in [6.45, 7) is 5.67. The number of nitrogens with zero attached hydrogens (tertiary/aromatic N) is 2. The molecule has 94 valence electrons. The second-order valence-electron chi connectivity index (χ2n) is 5.19. The molecule has 0 bridgehead atoms. The van der Waals surface area contributed by atoms with Crippen LogP contribution in [-0.4, -0.2) is 15.5 Å². The van der Waals surface area contributed by atoms with Crippen molar-refractivity contribution >= 4 is 11.6 Å². The molecule has 1 heterocycles. The van der Waals surface area contributed by atoms with E-state index in [2.05, 4.69) is 10.3 Å². The largest absolute Gasteiger partial charge is 0.324 e. The summed E-state index contributed by atoms with van der Waals surface area (Å²) in [5.41, 5.74) is 1.28. The number of carbonyl (C=O) groups excluding carboxylic acids is 1. The molecule has 2 rings (SSSR count).